The molecule has 0 radical (unpaired) electrons. The van der Waals surface area contributed by atoms with E-state index in [4.69, 9.17) is 0 Å². The lowest BCUT2D eigenvalue weighted by Crippen LogP contribution is -2.42. The van der Waals surface area contributed by atoms with Crippen molar-refractivity contribution in [2.45, 2.75) is 20.8 Å². The molecule has 0 saturated carbocycles. The van der Waals surface area contributed by atoms with Crippen LogP contribution in [0.25, 0.3) is 0 Å². The molecule has 1 amide bonds. The van der Waals surface area contributed by atoms with E-state index in [1.165, 1.54) is 0 Å². The van der Waals surface area contributed by atoms with Crippen molar-refractivity contribution in [2.75, 3.05) is 28.6 Å². The quantitative estimate of drug-likeness (QED) is 0.795. The number of sulfonamides is 1. The first-order chi connectivity index (χ1) is 11.7. The lowest BCUT2D eigenvalue weighted by Gasteiger charge is -2.27. The molecule has 0 fully saturated rings. The number of carbonyl (C=O) groups excluding carboxylic acids is 1. The van der Waals surface area contributed by atoms with Crippen molar-refractivity contribution in [1.82, 2.24) is 0 Å². The van der Waals surface area contributed by atoms with Gasteiger partial charge < -0.3 is 4.90 Å². The zero-order valence-corrected chi connectivity index (χ0v) is 15.9. The van der Waals surface area contributed by atoms with Gasteiger partial charge in [0, 0.05) is 12.2 Å². The highest BCUT2D eigenvalue weighted by Gasteiger charge is 2.24. The Labute approximate surface area is 149 Å². The van der Waals surface area contributed by atoms with Crippen LogP contribution in [0.15, 0.2) is 48.5 Å². The number of hydrogen-bond acceptors (Lipinski definition) is 3. The topological polar surface area (TPSA) is 57.7 Å². The van der Waals surface area contributed by atoms with E-state index in [9.17, 15) is 13.2 Å². The molecule has 5 nitrogen and oxygen atoms in total. The standard InChI is InChI=1S/C19H24N2O3S/c1-5-20(17-10-6-8-15(2)12-17)19(22)14-21(25(4,23)24)18-11-7-9-16(3)13-18/h6-13H,5,14H2,1-4H3. The van der Waals surface area contributed by atoms with Gasteiger partial charge in [-0.2, -0.15) is 0 Å². The number of anilines is 2. The number of nitrogens with zero attached hydrogens (tertiary/aromatic N) is 2. The molecule has 0 saturated heterocycles. The first-order valence-electron chi connectivity index (χ1n) is 8.13. The van der Waals surface area contributed by atoms with Crippen LogP contribution < -0.4 is 9.21 Å². The molecule has 134 valence electrons. The molecule has 2 rings (SSSR count). The van der Waals surface area contributed by atoms with Gasteiger partial charge in [-0.15, -0.1) is 0 Å². The van der Waals surface area contributed by atoms with Gasteiger partial charge in [-0.1, -0.05) is 24.3 Å². The van der Waals surface area contributed by atoms with Crippen molar-refractivity contribution < 1.29 is 13.2 Å². The highest BCUT2D eigenvalue weighted by Crippen LogP contribution is 2.21. The van der Waals surface area contributed by atoms with Crippen molar-refractivity contribution in [3.05, 3.63) is 59.7 Å². The Hall–Kier alpha value is -2.34. The number of rotatable bonds is 6. The van der Waals surface area contributed by atoms with Gasteiger partial charge in [-0.25, -0.2) is 8.42 Å². The van der Waals surface area contributed by atoms with Crippen LogP contribution in [0.5, 0.6) is 0 Å². The molecule has 0 aliphatic rings. The van der Waals surface area contributed by atoms with Crippen LogP contribution in [0.3, 0.4) is 0 Å². The van der Waals surface area contributed by atoms with Crippen molar-refractivity contribution in [1.29, 1.82) is 0 Å². The Kier molecular flexibility index (Phi) is 5.85. The summed E-state index contributed by atoms with van der Waals surface area (Å²) < 4.78 is 25.6. The molecule has 0 atom stereocenters. The van der Waals surface area contributed by atoms with E-state index in [-0.39, 0.29) is 12.5 Å². The van der Waals surface area contributed by atoms with Crippen molar-refractivity contribution in [3.63, 3.8) is 0 Å². The molecule has 0 bridgehead atoms. The Morgan fingerprint density at radius 2 is 1.48 bits per heavy atom. The molecular formula is C19H24N2O3S. The summed E-state index contributed by atoms with van der Waals surface area (Å²) in [6, 6.07) is 14.7. The van der Waals surface area contributed by atoms with Crippen molar-refractivity contribution in [3.8, 4) is 0 Å². The van der Waals surface area contributed by atoms with E-state index < -0.39 is 10.0 Å². The molecule has 0 aliphatic heterocycles. The summed E-state index contributed by atoms with van der Waals surface area (Å²) in [5.41, 5.74) is 3.24. The third kappa shape index (κ3) is 4.82. The van der Waals surface area contributed by atoms with Crippen molar-refractivity contribution >= 4 is 27.3 Å². The first kappa shape index (κ1) is 19.0. The van der Waals surface area contributed by atoms with Crippen LogP contribution in [0, 0.1) is 13.8 Å². The van der Waals surface area contributed by atoms with Gasteiger partial charge in [0.2, 0.25) is 15.9 Å². The van der Waals surface area contributed by atoms with E-state index in [0.29, 0.717) is 12.2 Å². The molecule has 0 aromatic heterocycles. The number of likely N-dealkylation sites (N-methyl/N-ethyl adjacent to an activating group) is 1. The van der Waals surface area contributed by atoms with Crippen LogP contribution >= 0.6 is 0 Å². The van der Waals surface area contributed by atoms with E-state index in [1.807, 2.05) is 51.1 Å². The van der Waals surface area contributed by atoms with Gasteiger partial charge in [0.1, 0.15) is 6.54 Å². The molecule has 0 N–H and O–H groups in total. The molecule has 0 aliphatic carbocycles. The normalized spacial score (nSPS) is 11.2. The number of aryl methyl sites for hydroxylation is 2. The van der Waals surface area contributed by atoms with E-state index >= 15 is 0 Å². The maximum atomic E-state index is 12.8. The van der Waals surface area contributed by atoms with Gasteiger partial charge in [0.25, 0.3) is 0 Å². The maximum absolute atomic E-state index is 12.8. The molecule has 0 unspecified atom stereocenters. The van der Waals surface area contributed by atoms with Crippen LogP contribution in [-0.4, -0.2) is 33.7 Å². The third-order valence-corrected chi connectivity index (χ3v) is 5.04. The summed E-state index contributed by atoms with van der Waals surface area (Å²) in [5, 5.41) is 0. The van der Waals surface area contributed by atoms with Gasteiger partial charge in [0.15, 0.2) is 0 Å². The fourth-order valence-electron chi connectivity index (χ4n) is 2.69. The lowest BCUT2D eigenvalue weighted by atomic mass is 10.2. The molecule has 2 aromatic carbocycles. The number of carbonyl (C=O) groups is 1. The average molecular weight is 360 g/mol. The fraction of sp³-hybridized carbons (Fsp3) is 0.316. The van der Waals surface area contributed by atoms with Gasteiger partial charge >= 0.3 is 0 Å². The second-order valence-electron chi connectivity index (χ2n) is 6.09. The summed E-state index contributed by atoms with van der Waals surface area (Å²) in [4.78, 5) is 14.4. The van der Waals surface area contributed by atoms with Gasteiger partial charge in [0.05, 0.1) is 11.9 Å². The Balaban J connectivity index is 2.33. The number of amides is 1. The highest BCUT2D eigenvalue weighted by molar-refractivity contribution is 7.92. The number of benzene rings is 2. The minimum atomic E-state index is -3.58. The largest absolute Gasteiger partial charge is 0.311 e. The molecule has 25 heavy (non-hydrogen) atoms. The Morgan fingerprint density at radius 3 is 1.96 bits per heavy atom. The average Bonchev–Trinajstić information content (AvgIpc) is 2.52. The van der Waals surface area contributed by atoms with Crippen LogP contribution in [0.2, 0.25) is 0 Å². The Bertz CT molecular complexity index is 862. The predicted molar refractivity (Wildman–Crippen MR) is 103 cm³/mol. The van der Waals surface area contributed by atoms with Crippen LogP contribution in [0.4, 0.5) is 11.4 Å². The second kappa shape index (κ2) is 7.70. The van der Waals surface area contributed by atoms with E-state index in [0.717, 1.165) is 27.4 Å². The van der Waals surface area contributed by atoms with E-state index in [1.54, 1.807) is 23.1 Å². The lowest BCUT2D eigenvalue weighted by molar-refractivity contribution is -0.117. The second-order valence-corrected chi connectivity index (χ2v) is 7.99. The zero-order valence-electron chi connectivity index (χ0n) is 15.1. The van der Waals surface area contributed by atoms with Gasteiger partial charge in [-0.3, -0.25) is 9.10 Å². The van der Waals surface area contributed by atoms with Crippen LogP contribution in [-0.2, 0) is 14.8 Å². The molecular weight excluding hydrogens is 336 g/mol. The third-order valence-electron chi connectivity index (χ3n) is 3.90. The van der Waals surface area contributed by atoms with Gasteiger partial charge in [-0.05, 0) is 56.2 Å². The SMILES string of the molecule is CCN(C(=O)CN(c1cccc(C)c1)S(C)(=O)=O)c1cccc(C)c1. The minimum absolute atomic E-state index is 0.232. The smallest absolute Gasteiger partial charge is 0.247 e. The molecule has 0 heterocycles. The predicted octanol–water partition coefficient (Wildman–Crippen LogP) is 3.12. The fourth-order valence-corrected chi connectivity index (χ4v) is 3.53. The summed E-state index contributed by atoms with van der Waals surface area (Å²) >= 11 is 0. The maximum Gasteiger partial charge on any atom is 0.247 e. The summed E-state index contributed by atoms with van der Waals surface area (Å²) in [6.07, 6.45) is 1.12. The molecule has 2 aromatic rings. The first-order valence-corrected chi connectivity index (χ1v) is 9.98. The van der Waals surface area contributed by atoms with E-state index in [2.05, 4.69) is 0 Å². The molecule has 6 heteroatoms. The summed E-state index contributed by atoms with van der Waals surface area (Å²) in [7, 11) is -3.58. The monoisotopic (exact) mass is 360 g/mol. The number of hydrogen-bond donors (Lipinski definition) is 0. The molecule has 0 spiro atoms. The Morgan fingerprint density at radius 1 is 0.960 bits per heavy atom. The summed E-state index contributed by atoms with van der Waals surface area (Å²) in [5.74, 6) is -0.264. The highest BCUT2D eigenvalue weighted by atomic mass is 32.2. The summed E-state index contributed by atoms with van der Waals surface area (Å²) in [6.45, 7) is 5.95. The van der Waals surface area contributed by atoms with Crippen molar-refractivity contribution in [2.24, 2.45) is 0 Å². The minimum Gasteiger partial charge on any atom is -0.311 e. The van der Waals surface area contributed by atoms with Crippen LogP contribution in [0.1, 0.15) is 18.1 Å². The zero-order chi connectivity index (χ0) is 18.6.